The van der Waals surface area contributed by atoms with Gasteiger partial charge in [-0.05, 0) is 38.3 Å². The number of fused-ring (bicyclic) bond motifs is 1. The molecular weight excluding hydrogens is 252 g/mol. The van der Waals surface area contributed by atoms with Crippen LogP contribution in [0.1, 0.15) is 31.7 Å². The monoisotopic (exact) mass is 273 g/mol. The van der Waals surface area contributed by atoms with Crippen LogP contribution in [0.2, 0.25) is 0 Å². The lowest BCUT2D eigenvalue weighted by Crippen LogP contribution is -3.15. The number of para-hydroxylation sites is 1. The summed E-state index contributed by atoms with van der Waals surface area (Å²) >= 11 is 0. The van der Waals surface area contributed by atoms with Gasteiger partial charge in [0, 0.05) is 5.39 Å². The first-order valence-electron chi connectivity index (χ1n) is 7.34. The number of hydrogen-bond donors (Lipinski definition) is 3. The van der Waals surface area contributed by atoms with Gasteiger partial charge in [0.15, 0.2) is 0 Å². The van der Waals surface area contributed by atoms with E-state index in [0.717, 1.165) is 11.9 Å². The summed E-state index contributed by atoms with van der Waals surface area (Å²) in [5.41, 5.74) is 1.05. The van der Waals surface area contributed by atoms with Gasteiger partial charge in [-0.15, -0.1) is 0 Å². The van der Waals surface area contributed by atoms with Crippen LogP contribution in [0.3, 0.4) is 0 Å². The van der Waals surface area contributed by atoms with Crippen LogP contribution in [0, 0.1) is 0 Å². The van der Waals surface area contributed by atoms with Crippen molar-refractivity contribution in [3.05, 3.63) is 40.2 Å². The van der Waals surface area contributed by atoms with Crippen LogP contribution >= 0.6 is 0 Å². The number of benzene rings is 1. The fraction of sp³-hybridized carbons (Fsp3) is 0.438. The number of aromatic amines is 1. The third-order valence-electron chi connectivity index (χ3n) is 4.48. The molecule has 2 atom stereocenters. The third kappa shape index (κ3) is 2.31. The second-order valence-corrected chi connectivity index (χ2v) is 5.81. The van der Waals surface area contributed by atoms with Crippen molar-refractivity contribution in [2.45, 2.75) is 38.8 Å². The Morgan fingerprint density at radius 3 is 2.95 bits per heavy atom. The number of piperidine rings is 1. The van der Waals surface area contributed by atoms with Gasteiger partial charge in [0.25, 0.3) is 5.56 Å². The van der Waals surface area contributed by atoms with E-state index in [9.17, 15) is 9.90 Å². The van der Waals surface area contributed by atoms with E-state index in [1.807, 2.05) is 24.3 Å². The molecule has 0 radical (unpaired) electrons. The summed E-state index contributed by atoms with van der Waals surface area (Å²) in [4.78, 5) is 16.5. The highest BCUT2D eigenvalue weighted by Gasteiger charge is 2.25. The van der Waals surface area contributed by atoms with E-state index in [4.69, 9.17) is 0 Å². The smallest absolute Gasteiger partial charge is 0.261 e. The minimum absolute atomic E-state index is 0.148. The zero-order valence-electron chi connectivity index (χ0n) is 11.8. The van der Waals surface area contributed by atoms with Crippen LogP contribution in [0.5, 0.6) is 5.75 Å². The van der Waals surface area contributed by atoms with E-state index in [-0.39, 0.29) is 11.3 Å². The van der Waals surface area contributed by atoms with E-state index in [1.165, 1.54) is 24.2 Å². The van der Waals surface area contributed by atoms with Crippen molar-refractivity contribution in [1.29, 1.82) is 0 Å². The number of quaternary nitrogens is 1. The van der Waals surface area contributed by atoms with Gasteiger partial charge in [-0.1, -0.05) is 12.1 Å². The summed E-state index contributed by atoms with van der Waals surface area (Å²) in [6.45, 7) is 3.90. The van der Waals surface area contributed by atoms with Crippen LogP contribution in [0.15, 0.2) is 29.1 Å². The van der Waals surface area contributed by atoms with Gasteiger partial charge in [-0.3, -0.25) is 4.79 Å². The number of H-pyrrole nitrogens is 1. The maximum atomic E-state index is 12.2. The molecule has 3 rings (SSSR count). The second-order valence-electron chi connectivity index (χ2n) is 5.81. The van der Waals surface area contributed by atoms with E-state index < -0.39 is 0 Å². The van der Waals surface area contributed by atoms with E-state index >= 15 is 0 Å². The molecule has 0 saturated carbocycles. The fourth-order valence-corrected chi connectivity index (χ4v) is 3.17. The van der Waals surface area contributed by atoms with Crippen molar-refractivity contribution < 1.29 is 10.0 Å². The van der Waals surface area contributed by atoms with Crippen LogP contribution in [-0.2, 0) is 6.54 Å². The molecule has 3 N–H and O–H groups in total. The van der Waals surface area contributed by atoms with Crippen molar-refractivity contribution in [3.8, 4) is 5.75 Å². The Morgan fingerprint density at radius 1 is 1.35 bits per heavy atom. The van der Waals surface area contributed by atoms with Gasteiger partial charge >= 0.3 is 0 Å². The Bertz CT molecular complexity index is 678. The standard InChI is InChI=1S/C16H20N2O2/c1-11-6-4-5-9-18(11)10-13-15(19)12-7-2-3-8-14(12)17-16(13)20/h2-3,7-8,11H,4-6,9-10H2,1H3,(H2,17,19,20)/p+1/t11-/m0/s1. The maximum Gasteiger partial charge on any atom is 0.261 e. The molecule has 0 bridgehead atoms. The fourth-order valence-electron chi connectivity index (χ4n) is 3.17. The average Bonchev–Trinajstić information content (AvgIpc) is 2.45. The molecule has 2 heterocycles. The van der Waals surface area contributed by atoms with Crippen LogP contribution in [-0.4, -0.2) is 22.7 Å². The Balaban J connectivity index is 2.00. The summed E-state index contributed by atoms with van der Waals surface area (Å²) in [7, 11) is 0. The molecule has 1 aromatic heterocycles. The summed E-state index contributed by atoms with van der Waals surface area (Å²) in [6, 6.07) is 7.94. The molecule has 0 amide bonds. The normalized spacial score (nSPS) is 23.1. The predicted molar refractivity (Wildman–Crippen MR) is 79.1 cm³/mol. The Morgan fingerprint density at radius 2 is 2.15 bits per heavy atom. The Labute approximate surface area is 118 Å². The van der Waals surface area contributed by atoms with Crippen molar-refractivity contribution in [2.24, 2.45) is 0 Å². The average molecular weight is 273 g/mol. The zero-order valence-corrected chi connectivity index (χ0v) is 11.8. The predicted octanol–water partition coefficient (Wildman–Crippen LogP) is 1.19. The van der Waals surface area contributed by atoms with E-state index in [1.54, 1.807) is 0 Å². The third-order valence-corrected chi connectivity index (χ3v) is 4.48. The molecule has 1 unspecified atom stereocenters. The molecular formula is C16H21N2O2+. The van der Waals surface area contributed by atoms with E-state index in [2.05, 4.69) is 11.9 Å². The number of rotatable bonds is 2. The Hall–Kier alpha value is -1.81. The van der Waals surface area contributed by atoms with Gasteiger partial charge < -0.3 is 15.0 Å². The number of pyridine rings is 1. The summed E-state index contributed by atoms with van der Waals surface area (Å²) < 4.78 is 0. The SMILES string of the molecule is C[C@H]1CCCC[NH+]1Cc1c(O)c2ccccc2[nH]c1=O. The summed E-state index contributed by atoms with van der Waals surface area (Å²) in [5, 5.41) is 11.1. The second kappa shape index (κ2) is 5.29. The molecule has 106 valence electrons. The number of hydrogen-bond acceptors (Lipinski definition) is 2. The molecule has 1 saturated heterocycles. The highest BCUT2D eigenvalue weighted by atomic mass is 16.3. The van der Waals surface area contributed by atoms with Crippen molar-refractivity contribution in [3.63, 3.8) is 0 Å². The van der Waals surface area contributed by atoms with Gasteiger partial charge in [0.1, 0.15) is 17.9 Å². The molecule has 20 heavy (non-hydrogen) atoms. The number of aromatic nitrogens is 1. The molecule has 0 spiro atoms. The summed E-state index contributed by atoms with van der Waals surface area (Å²) in [6.07, 6.45) is 3.66. The molecule has 4 nitrogen and oxygen atoms in total. The molecule has 1 aliphatic heterocycles. The highest BCUT2D eigenvalue weighted by Crippen LogP contribution is 2.24. The van der Waals surface area contributed by atoms with E-state index in [0.29, 0.717) is 23.7 Å². The molecule has 1 fully saturated rings. The van der Waals surface area contributed by atoms with Gasteiger partial charge in [-0.2, -0.15) is 0 Å². The first-order chi connectivity index (χ1) is 9.66. The first kappa shape index (κ1) is 13.2. The van der Waals surface area contributed by atoms with Crippen LogP contribution in [0.4, 0.5) is 0 Å². The molecule has 4 heteroatoms. The molecule has 2 aromatic rings. The minimum atomic E-state index is -0.161. The zero-order chi connectivity index (χ0) is 14.1. The minimum Gasteiger partial charge on any atom is -0.507 e. The van der Waals surface area contributed by atoms with Crippen molar-refractivity contribution in [1.82, 2.24) is 4.98 Å². The summed E-state index contributed by atoms with van der Waals surface area (Å²) in [5.74, 6) is 0.148. The first-order valence-corrected chi connectivity index (χ1v) is 7.34. The number of nitrogens with one attached hydrogen (secondary N) is 2. The van der Waals surface area contributed by atoms with Gasteiger partial charge in [0.2, 0.25) is 0 Å². The highest BCUT2D eigenvalue weighted by molar-refractivity contribution is 5.85. The molecule has 1 aliphatic rings. The largest absolute Gasteiger partial charge is 0.507 e. The number of likely N-dealkylation sites (tertiary alicyclic amines) is 1. The van der Waals surface area contributed by atoms with Crippen molar-refractivity contribution in [2.75, 3.05) is 6.54 Å². The van der Waals surface area contributed by atoms with Gasteiger partial charge in [-0.25, -0.2) is 0 Å². The maximum absolute atomic E-state index is 12.2. The lowest BCUT2D eigenvalue weighted by atomic mass is 10.0. The topological polar surface area (TPSA) is 57.5 Å². The lowest BCUT2D eigenvalue weighted by molar-refractivity contribution is -0.942. The van der Waals surface area contributed by atoms with Crippen LogP contribution in [0.25, 0.3) is 10.9 Å². The quantitative estimate of drug-likeness (QED) is 0.770. The lowest BCUT2D eigenvalue weighted by Gasteiger charge is -2.30. The van der Waals surface area contributed by atoms with Crippen LogP contribution < -0.4 is 10.5 Å². The molecule has 1 aromatic carbocycles. The number of aromatic hydroxyl groups is 1. The Kier molecular flexibility index (Phi) is 3.49. The van der Waals surface area contributed by atoms with Crippen molar-refractivity contribution >= 4 is 10.9 Å². The molecule has 0 aliphatic carbocycles. The van der Waals surface area contributed by atoms with Gasteiger partial charge in [0.05, 0.1) is 18.1 Å².